The van der Waals surface area contributed by atoms with Crippen molar-refractivity contribution in [2.24, 2.45) is 5.92 Å². The van der Waals surface area contributed by atoms with E-state index in [1.54, 1.807) is 6.07 Å². The maximum Gasteiger partial charge on any atom is 0.432 e. The third-order valence-electron chi connectivity index (χ3n) is 8.33. The maximum atomic E-state index is 15.2. The summed E-state index contributed by atoms with van der Waals surface area (Å²) in [6, 6.07) is 10.4. The van der Waals surface area contributed by atoms with Crippen LogP contribution in [-0.2, 0) is 6.11 Å². The third-order valence-corrected chi connectivity index (χ3v) is 8.33. The van der Waals surface area contributed by atoms with Crippen molar-refractivity contribution in [2.45, 2.75) is 57.5 Å². The summed E-state index contributed by atoms with van der Waals surface area (Å²) in [5.41, 5.74) is -2.22. The molecule has 0 unspecified atom stereocenters. The lowest BCUT2D eigenvalue weighted by Gasteiger charge is -2.29. The molecule has 0 radical (unpaired) electrons. The Balaban J connectivity index is 1.33. The molecule has 0 aliphatic heterocycles. The molecule has 0 spiro atoms. The number of benzene rings is 4. The normalized spacial score (nSPS) is 17.2. The second-order valence-corrected chi connectivity index (χ2v) is 11.3. The number of ether oxygens (including phenoxy) is 1. The molecule has 45 heavy (non-hydrogen) atoms. The van der Waals surface area contributed by atoms with Gasteiger partial charge in [-0.3, -0.25) is 0 Å². The van der Waals surface area contributed by atoms with E-state index in [-0.39, 0.29) is 22.6 Å². The minimum atomic E-state index is -4.70. The van der Waals surface area contributed by atoms with Gasteiger partial charge in [0.05, 0.1) is 5.56 Å². The van der Waals surface area contributed by atoms with E-state index in [1.807, 2.05) is 13.0 Å². The van der Waals surface area contributed by atoms with E-state index in [0.717, 1.165) is 68.4 Å². The van der Waals surface area contributed by atoms with Gasteiger partial charge in [0.15, 0.2) is 0 Å². The Bertz CT molecular complexity index is 1640. The zero-order valence-electron chi connectivity index (χ0n) is 24.3. The van der Waals surface area contributed by atoms with Gasteiger partial charge in [-0.15, -0.1) is 0 Å². The van der Waals surface area contributed by atoms with Gasteiger partial charge in [0, 0.05) is 17.7 Å². The van der Waals surface area contributed by atoms with E-state index >= 15 is 22.0 Å². The average molecular weight is 631 g/mol. The van der Waals surface area contributed by atoms with Crippen molar-refractivity contribution >= 4 is 0 Å². The molecular weight excluding hydrogens is 600 g/mol. The monoisotopic (exact) mass is 630 g/mol. The van der Waals surface area contributed by atoms with Crippen LogP contribution in [0, 0.1) is 40.8 Å². The summed E-state index contributed by atoms with van der Waals surface area (Å²) in [6.07, 6.45) is 5.46. The molecule has 1 fully saturated rings. The van der Waals surface area contributed by atoms with Crippen molar-refractivity contribution < 1.29 is 39.9 Å². The summed E-state index contributed by atoms with van der Waals surface area (Å²) in [5, 5.41) is 0. The second-order valence-electron chi connectivity index (χ2n) is 11.3. The Kier molecular flexibility index (Phi) is 9.65. The van der Waals surface area contributed by atoms with Gasteiger partial charge in [-0.25, -0.2) is 26.3 Å². The summed E-state index contributed by atoms with van der Waals surface area (Å²) in [4.78, 5) is 0. The topological polar surface area (TPSA) is 9.23 Å². The van der Waals surface area contributed by atoms with Crippen LogP contribution in [0.25, 0.3) is 22.3 Å². The van der Waals surface area contributed by atoms with Crippen molar-refractivity contribution in [1.82, 2.24) is 0 Å². The molecule has 0 bridgehead atoms. The molecule has 0 atom stereocenters. The molecule has 5 rings (SSSR count). The van der Waals surface area contributed by atoms with Gasteiger partial charge in [-0.05, 0) is 104 Å². The Morgan fingerprint density at radius 1 is 0.711 bits per heavy atom. The summed E-state index contributed by atoms with van der Waals surface area (Å²) in [6.45, 7) is 1.99. The van der Waals surface area contributed by atoms with E-state index < -0.39 is 57.9 Å². The fraction of sp³-hybridized carbons (Fsp3) is 0.278. The van der Waals surface area contributed by atoms with Crippen molar-refractivity contribution in [3.8, 4) is 28.0 Å². The van der Waals surface area contributed by atoms with E-state index in [1.165, 1.54) is 12.1 Å². The molecule has 0 N–H and O–H groups in total. The van der Waals surface area contributed by atoms with E-state index in [0.29, 0.717) is 30.2 Å². The molecule has 4 aromatic rings. The highest BCUT2D eigenvalue weighted by Gasteiger charge is 2.41. The van der Waals surface area contributed by atoms with Gasteiger partial charge in [0.1, 0.15) is 46.2 Å². The van der Waals surface area contributed by atoms with Crippen LogP contribution in [-0.4, -0.2) is 0 Å². The molecule has 0 saturated heterocycles. The van der Waals surface area contributed by atoms with Crippen molar-refractivity contribution in [2.75, 3.05) is 0 Å². The number of halogens is 8. The van der Waals surface area contributed by atoms with Gasteiger partial charge >= 0.3 is 6.11 Å². The van der Waals surface area contributed by atoms with Crippen LogP contribution < -0.4 is 4.74 Å². The van der Waals surface area contributed by atoms with Gasteiger partial charge in [0.2, 0.25) is 0 Å². The number of hydrogen-bond acceptors (Lipinski definition) is 1. The Labute approximate surface area is 256 Å². The molecule has 0 aromatic heterocycles. The SMILES string of the molecule is CC=CCCC1CCC(c2ccc(-c3cc(F)c(C(F)(F)Oc4cc(F)c(-c5ccc(F)cc5)c(F)c4)c(F)c3)c(F)c2)CC1. The van der Waals surface area contributed by atoms with Crippen LogP contribution in [0.3, 0.4) is 0 Å². The lowest BCUT2D eigenvalue weighted by atomic mass is 9.77. The Hall–Kier alpha value is -4.14. The minimum absolute atomic E-state index is 0.0688. The summed E-state index contributed by atoms with van der Waals surface area (Å²) < 4.78 is 122. The predicted octanol–water partition coefficient (Wildman–Crippen LogP) is 11.6. The summed E-state index contributed by atoms with van der Waals surface area (Å²) in [7, 11) is 0. The first-order chi connectivity index (χ1) is 21.5. The fourth-order valence-electron chi connectivity index (χ4n) is 6.01. The second kappa shape index (κ2) is 13.5. The zero-order chi connectivity index (χ0) is 32.3. The molecule has 4 aromatic carbocycles. The zero-order valence-corrected chi connectivity index (χ0v) is 24.3. The van der Waals surface area contributed by atoms with Crippen molar-refractivity contribution in [3.05, 3.63) is 125 Å². The number of hydrogen-bond donors (Lipinski definition) is 0. The van der Waals surface area contributed by atoms with Crippen molar-refractivity contribution in [1.29, 1.82) is 0 Å². The van der Waals surface area contributed by atoms with E-state index in [2.05, 4.69) is 10.8 Å². The Morgan fingerprint density at radius 2 is 1.33 bits per heavy atom. The van der Waals surface area contributed by atoms with E-state index in [9.17, 15) is 13.2 Å². The molecule has 1 saturated carbocycles. The molecule has 236 valence electrons. The van der Waals surface area contributed by atoms with Gasteiger partial charge < -0.3 is 4.74 Å². The predicted molar refractivity (Wildman–Crippen MR) is 157 cm³/mol. The lowest BCUT2D eigenvalue weighted by Crippen LogP contribution is -2.25. The molecular formula is C36H30F8O. The molecule has 1 aliphatic carbocycles. The van der Waals surface area contributed by atoms with Crippen LogP contribution in [0.5, 0.6) is 5.75 Å². The highest BCUT2D eigenvalue weighted by atomic mass is 19.3. The summed E-state index contributed by atoms with van der Waals surface area (Å²) >= 11 is 0. The van der Waals surface area contributed by atoms with E-state index in [4.69, 9.17) is 0 Å². The van der Waals surface area contributed by atoms with Gasteiger partial charge in [-0.2, -0.15) is 8.78 Å². The average Bonchev–Trinajstić information content (AvgIpc) is 2.97. The third kappa shape index (κ3) is 7.24. The summed E-state index contributed by atoms with van der Waals surface area (Å²) in [5.74, 6) is -7.79. The fourth-order valence-corrected chi connectivity index (χ4v) is 6.01. The van der Waals surface area contributed by atoms with Crippen LogP contribution in [0.1, 0.15) is 62.5 Å². The Morgan fingerprint density at radius 3 is 1.91 bits per heavy atom. The highest BCUT2D eigenvalue weighted by Crippen LogP contribution is 2.41. The van der Waals surface area contributed by atoms with Crippen LogP contribution >= 0.6 is 0 Å². The first-order valence-electron chi connectivity index (χ1n) is 14.7. The molecule has 1 nitrogen and oxygen atoms in total. The highest BCUT2D eigenvalue weighted by molar-refractivity contribution is 5.67. The van der Waals surface area contributed by atoms with Crippen molar-refractivity contribution in [3.63, 3.8) is 0 Å². The molecule has 0 amide bonds. The lowest BCUT2D eigenvalue weighted by molar-refractivity contribution is -0.189. The standard InChI is InChI=1S/C36H30F8O/c1-2-3-4-5-21-6-8-22(9-7-21)24-12-15-28(29(38)16-24)25-17-32(41)35(33(42)18-25)36(43,44)45-27-19-30(39)34(31(40)20-27)23-10-13-26(37)14-11-23/h2-3,10-22H,4-9H2,1H3. The first kappa shape index (κ1) is 32.3. The molecule has 9 heteroatoms. The molecule has 1 aliphatic rings. The number of alkyl halides is 2. The maximum absolute atomic E-state index is 15.2. The van der Waals surface area contributed by atoms with Gasteiger partial charge in [0.25, 0.3) is 0 Å². The largest absolute Gasteiger partial charge is 0.432 e. The number of allylic oxidation sites excluding steroid dienone is 2. The van der Waals surface area contributed by atoms with Crippen LogP contribution in [0.4, 0.5) is 35.1 Å². The number of rotatable bonds is 9. The van der Waals surface area contributed by atoms with Gasteiger partial charge in [-0.1, -0.05) is 36.4 Å². The first-order valence-corrected chi connectivity index (χ1v) is 14.7. The van der Waals surface area contributed by atoms with Crippen LogP contribution in [0.2, 0.25) is 0 Å². The van der Waals surface area contributed by atoms with Crippen LogP contribution in [0.15, 0.2) is 78.9 Å². The quantitative estimate of drug-likeness (QED) is 0.132. The minimum Gasteiger partial charge on any atom is -0.429 e. The smallest absolute Gasteiger partial charge is 0.429 e. The molecule has 0 heterocycles.